The molecule has 0 N–H and O–H groups in total. The van der Waals surface area contributed by atoms with Crippen molar-refractivity contribution in [3.05, 3.63) is 100.0 Å². The molecule has 4 aromatic rings. The highest BCUT2D eigenvalue weighted by molar-refractivity contribution is 6.31. The zero-order valence-electron chi connectivity index (χ0n) is 18.7. The summed E-state index contributed by atoms with van der Waals surface area (Å²) in [6.07, 6.45) is 1.71. The number of fused-ring (bicyclic) bond motifs is 1. The van der Waals surface area contributed by atoms with E-state index in [1.807, 2.05) is 0 Å². The Morgan fingerprint density at radius 3 is 2.57 bits per heavy atom. The van der Waals surface area contributed by atoms with Gasteiger partial charge in [0.1, 0.15) is 11.6 Å². The molecular weight excluding hydrogens is 469 g/mol. The van der Waals surface area contributed by atoms with Gasteiger partial charge in [-0.1, -0.05) is 29.8 Å². The number of carbonyl (C=O) groups excluding carboxylic acids is 2. The number of hydrogen-bond donors (Lipinski definition) is 0. The molecule has 1 aliphatic rings. The van der Waals surface area contributed by atoms with Crippen LogP contribution in [-0.2, 0) is 11.2 Å². The fourth-order valence-electron chi connectivity index (χ4n) is 4.05. The van der Waals surface area contributed by atoms with E-state index < -0.39 is 11.6 Å². The number of ether oxygens (including phenoxy) is 1. The molecule has 8 heteroatoms. The molecule has 0 amide bonds. The van der Waals surface area contributed by atoms with Gasteiger partial charge in [0.05, 0.1) is 36.0 Å². The second kappa shape index (κ2) is 9.90. The molecule has 1 fully saturated rings. The fourth-order valence-corrected chi connectivity index (χ4v) is 4.24. The largest absolute Gasteiger partial charge is 0.378 e. The number of anilines is 1. The molecule has 35 heavy (non-hydrogen) atoms. The number of rotatable bonds is 6. The Hall–Kier alpha value is -3.68. The van der Waals surface area contributed by atoms with E-state index in [1.54, 1.807) is 54.7 Å². The molecule has 1 saturated heterocycles. The maximum absolute atomic E-state index is 14.9. The van der Waals surface area contributed by atoms with Gasteiger partial charge in [0.15, 0.2) is 11.6 Å². The predicted octanol–water partition coefficient (Wildman–Crippen LogP) is 4.92. The lowest BCUT2D eigenvalue weighted by Crippen LogP contribution is -2.36. The van der Waals surface area contributed by atoms with Gasteiger partial charge in [-0.25, -0.2) is 9.37 Å². The third-order valence-corrected chi connectivity index (χ3v) is 6.15. The predicted molar refractivity (Wildman–Crippen MR) is 132 cm³/mol. The molecule has 3 aromatic carbocycles. The maximum atomic E-state index is 14.9. The maximum Gasteiger partial charge on any atom is 0.196 e. The molecule has 0 aliphatic carbocycles. The van der Waals surface area contributed by atoms with Crippen LogP contribution in [0.3, 0.4) is 0 Å². The Balaban J connectivity index is 1.37. The highest BCUT2D eigenvalue weighted by Gasteiger charge is 2.18. The lowest BCUT2D eigenvalue weighted by molar-refractivity contribution is 0.0992. The summed E-state index contributed by atoms with van der Waals surface area (Å²) in [4.78, 5) is 36.8. The van der Waals surface area contributed by atoms with E-state index >= 15 is 0 Å². The standard InChI is InChI=1S/C27H21ClFN3O3/c28-20-3-1-2-18(14-20)25(33)13-17-4-6-21(22(29)12-17)27(34)19-5-7-23-24(15-19)31-26(16-30-23)32-8-10-35-11-9-32/h1-7,12,14-16H,8-11,13H2. The van der Waals surface area contributed by atoms with E-state index in [0.717, 1.165) is 13.1 Å². The third-order valence-electron chi connectivity index (χ3n) is 5.92. The lowest BCUT2D eigenvalue weighted by atomic mass is 9.98. The van der Waals surface area contributed by atoms with Crippen molar-refractivity contribution in [1.82, 2.24) is 9.97 Å². The first kappa shape index (κ1) is 23.1. The Kier molecular flexibility index (Phi) is 6.53. The second-order valence-corrected chi connectivity index (χ2v) is 8.72. The number of nitrogens with zero attached hydrogens (tertiary/aromatic N) is 3. The first-order chi connectivity index (χ1) is 17.0. The SMILES string of the molecule is O=C(Cc1ccc(C(=O)c2ccc3ncc(N4CCOCC4)nc3c2)c(F)c1)c1cccc(Cl)c1. The summed E-state index contributed by atoms with van der Waals surface area (Å²) >= 11 is 5.95. The molecule has 2 heterocycles. The van der Waals surface area contributed by atoms with E-state index in [2.05, 4.69) is 14.9 Å². The molecule has 176 valence electrons. The normalized spacial score (nSPS) is 13.7. The van der Waals surface area contributed by atoms with E-state index in [4.69, 9.17) is 16.3 Å². The van der Waals surface area contributed by atoms with Crippen molar-refractivity contribution in [2.75, 3.05) is 31.2 Å². The van der Waals surface area contributed by atoms with Crippen LogP contribution in [0.25, 0.3) is 11.0 Å². The number of benzene rings is 3. The van der Waals surface area contributed by atoms with Gasteiger partial charge in [-0.2, -0.15) is 0 Å². The minimum atomic E-state index is -0.681. The number of morpholine rings is 1. The number of ketones is 2. The van der Waals surface area contributed by atoms with Gasteiger partial charge in [0, 0.05) is 35.7 Å². The summed E-state index contributed by atoms with van der Waals surface area (Å²) in [6, 6.07) is 15.8. The Morgan fingerprint density at radius 2 is 1.80 bits per heavy atom. The number of hydrogen-bond acceptors (Lipinski definition) is 6. The second-order valence-electron chi connectivity index (χ2n) is 8.28. The fraction of sp³-hybridized carbons (Fsp3) is 0.185. The van der Waals surface area contributed by atoms with Crippen LogP contribution in [0.2, 0.25) is 5.02 Å². The molecule has 0 unspecified atom stereocenters. The third kappa shape index (κ3) is 5.06. The number of carbonyl (C=O) groups is 2. The molecule has 1 aromatic heterocycles. The quantitative estimate of drug-likeness (QED) is 0.358. The number of aromatic nitrogens is 2. The van der Waals surface area contributed by atoms with Gasteiger partial charge >= 0.3 is 0 Å². The summed E-state index contributed by atoms with van der Waals surface area (Å²) in [7, 11) is 0. The van der Waals surface area contributed by atoms with Gasteiger partial charge in [0.25, 0.3) is 0 Å². The Labute approximate surface area is 206 Å². The summed E-state index contributed by atoms with van der Waals surface area (Å²) < 4.78 is 20.3. The smallest absolute Gasteiger partial charge is 0.196 e. The number of Topliss-reactive ketones (excluding diaryl/α,β-unsaturated/α-hetero) is 1. The van der Waals surface area contributed by atoms with Crippen LogP contribution < -0.4 is 4.90 Å². The van der Waals surface area contributed by atoms with Crippen LogP contribution in [-0.4, -0.2) is 47.8 Å². The summed E-state index contributed by atoms with van der Waals surface area (Å²) in [5, 5.41) is 0.458. The van der Waals surface area contributed by atoms with Crippen LogP contribution in [0.15, 0.2) is 66.9 Å². The molecule has 5 rings (SSSR count). The van der Waals surface area contributed by atoms with Crippen LogP contribution in [0.1, 0.15) is 31.8 Å². The Bertz CT molecular complexity index is 1440. The first-order valence-electron chi connectivity index (χ1n) is 11.2. The topological polar surface area (TPSA) is 72.4 Å². The van der Waals surface area contributed by atoms with Gasteiger partial charge in [-0.05, 0) is 48.0 Å². The lowest BCUT2D eigenvalue weighted by Gasteiger charge is -2.27. The molecule has 0 atom stereocenters. The average molecular weight is 490 g/mol. The average Bonchev–Trinajstić information content (AvgIpc) is 2.88. The van der Waals surface area contributed by atoms with Crippen molar-refractivity contribution in [2.24, 2.45) is 0 Å². The molecular formula is C27H21ClFN3O3. The van der Waals surface area contributed by atoms with Crippen molar-refractivity contribution in [1.29, 1.82) is 0 Å². The van der Waals surface area contributed by atoms with Gasteiger partial charge in [-0.3, -0.25) is 14.6 Å². The summed E-state index contributed by atoms with van der Waals surface area (Å²) in [5.41, 5.74) is 2.38. The van der Waals surface area contributed by atoms with Crippen LogP contribution in [0.5, 0.6) is 0 Å². The van der Waals surface area contributed by atoms with Gasteiger partial charge < -0.3 is 9.64 Å². The molecule has 0 bridgehead atoms. The summed E-state index contributed by atoms with van der Waals surface area (Å²) in [6.45, 7) is 2.68. The van der Waals surface area contributed by atoms with Crippen LogP contribution in [0, 0.1) is 5.82 Å². The monoisotopic (exact) mass is 489 g/mol. The van der Waals surface area contributed by atoms with Crippen molar-refractivity contribution in [3.63, 3.8) is 0 Å². The number of halogens is 2. The van der Waals surface area contributed by atoms with Crippen LogP contribution in [0.4, 0.5) is 10.2 Å². The minimum Gasteiger partial charge on any atom is -0.378 e. The van der Waals surface area contributed by atoms with E-state index in [-0.39, 0.29) is 17.8 Å². The van der Waals surface area contributed by atoms with E-state index in [9.17, 15) is 14.0 Å². The Morgan fingerprint density at radius 1 is 0.971 bits per heavy atom. The van der Waals surface area contributed by atoms with E-state index in [1.165, 1.54) is 12.1 Å². The van der Waals surface area contributed by atoms with Crippen molar-refractivity contribution in [3.8, 4) is 0 Å². The highest BCUT2D eigenvalue weighted by atomic mass is 35.5. The highest BCUT2D eigenvalue weighted by Crippen LogP contribution is 2.22. The zero-order valence-corrected chi connectivity index (χ0v) is 19.5. The van der Waals surface area contributed by atoms with Crippen molar-refractivity contribution < 1.29 is 18.7 Å². The molecule has 0 saturated carbocycles. The minimum absolute atomic E-state index is 0.00160. The molecule has 0 spiro atoms. The van der Waals surface area contributed by atoms with Crippen molar-refractivity contribution in [2.45, 2.75) is 6.42 Å². The van der Waals surface area contributed by atoms with Crippen molar-refractivity contribution >= 4 is 40.0 Å². The van der Waals surface area contributed by atoms with Crippen LogP contribution >= 0.6 is 11.6 Å². The van der Waals surface area contributed by atoms with Gasteiger partial charge in [-0.15, -0.1) is 0 Å². The molecule has 6 nitrogen and oxygen atoms in total. The molecule has 1 aliphatic heterocycles. The summed E-state index contributed by atoms with van der Waals surface area (Å²) in [5.74, 6) is -0.615. The first-order valence-corrected chi connectivity index (χ1v) is 11.6. The zero-order chi connectivity index (χ0) is 24.4. The molecule has 0 radical (unpaired) electrons. The van der Waals surface area contributed by atoms with Gasteiger partial charge in [0.2, 0.25) is 0 Å². The van der Waals surface area contributed by atoms with E-state index in [0.29, 0.717) is 51.8 Å².